The van der Waals surface area contributed by atoms with Gasteiger partial charge in [0.15, 0.2) is 5.17 Å². The zero-order valence-electron chi connectivity index (χ0n) is 19.2. The molecule has 0 aromatic heterocycles. The van der Waals surface area contributed by atoms with Gasteiger partial charge in [0.05, 0.1) is 30.3 Å². The molecule has 0 saturated heterocycles. The average molecular weight is 442 g/mol. The van der Waals surface area contributed by atoms with Crippen LogP contribution in [-0.2, 0) is 14.3 Å². The van der Waals surface area contributed by atoms with E-state index in [9.17, 15) is 9.59 Å². The Morgan fingerprint density at radius 1 is 1.16 bits per heavy atom. The molecule has 0 saturated carbocycles. The lowest BCUT2D eigenvalue weighted by Crippen LogP contribution is -2.39. The maximum Gasteiger partial charge on any atom is 0.338 e. The summed E-state index contributed by atoms with van der Waals surface area (Å²) in [6.07, 6.45) is 0.268. The lowest BCUT2D eigenvalue weighted by molar-refractivity contribution is -0.139. The van der Waals surface area contributed by atoms with Crippen molar-refractivity contribution in [2.45, 2.75) is 54.0 Å². The third-order valence-electron chi connectivity index (χ3n) is 5.67. The number of benzene rings is 1. The number of allylic oxidation sites excluding steroid dienone is 1. The van der Waals surface area contributed by atoms with E-state index in [0.717, 1.165) is 27.6 Å². The number of hydrogen-bond donors (Lipinski definition) is 0. The third kappa shape index (κ3) is 4.56. The number of carbonyl (C=O) groups is 2. The monoisotopic (exact) mass is 441 g/mol. The number of ether oxygens (including phenoxy) is 1. The number of amidine groups is 1. The minimum absolute atomic E-state index is 0.0711. The Morgan fingerprint density at radius 2 is 1.87 bits per heavy atom. The van der Waals surface area contributed by atoms with Crippen LogP contribution in [0.4, 0.5) is 0 Å². The number of rotatable bonds is 7. The molecule has 2 aliphatic rings. The molecule has 0 bridgehead atoms. The van der Waals surface area contributed by atoms with Gasteiger partial charge in [-0.05, 0) is 58.1 Å². The predicted molar refractivity (Wildman–Crippen MR) is 125 cm³/mol. The van der Waals surface area contributed by atoms with Gasteiger partial charge in [-0.25, -0.2) is 9.79 Å². The molecule has 1 aromatic rings. The van der Waals surface area contributed by atoms with Crippen molar-refractivity contribution in [3.05, 3.63) is 57.3 Å². The Balaban J connectivity index is 2.09. The van der Waals surface area contributed by atoms with Gasteiger partial charge in [0.2, 0.25) is 5.91 Å². The van der Waals surface area contributed by atoms with Gasteiger partial charge >= 0.3 is 5.97 Å². The molecule has 0 spiro atoms. The molecule has 2 heterocycles. The maximum atomic E-state index is 13.0. The summed E-state index contributed by atoms with van der Waals surface area (Å²) < 4.78 is 5.42. The van der Waals surface area contributed by atoms with Crippen LogP contribution in [0.3, 0.4) is 0 Å². The quantitative estimate of drug-likeness (QED) is 0.574. The fraction of sp³-hybridized carbons (Fsp3) is 0.458. The first kappa shape index (κ1) is 23.1. The molecule has 1 aromatic carbocycles. The van der Waals surface area contributed by atoms with E-state index in [0.29, 0.717) is 31.0 Å². The van der Waals surface area contributed by atoms with Crippen LogP contribution in [0.2, 0.25) is 0 Å². The van der Waals surface area contributed by atoms with Gasteiger partial charge in [-0.3, -0.25) is 4.79 Å². The first-order valence-electron chi connectivity index (χ1n) is 10.8. The van der Waals surface area contributed by atoms with Gasteiger partial charge in [-0.1, -0.05) is 35.5 Å². The minimum atomic E-state index is -0.378. The number of aliphatic imine (C=N–C) groups is 1. The lowest BCUT2D eigenvalue weighted by Gasteiger charge is -2.37. The van der Waals surface area contributed by atoms with Crippen LogP contribution >= 0.6 is 11.8 Å². The van der Waals surface area contributed by atoms with Crippen LogP contribution in [0.5, 0.6) is 0 Å². The van der Waals surface area contributed by atoms with Crippen molar-refractivity contribution in [2.24, 2.45) is 4.99 Å². The van der Waals surface area contributed by atoms with Crippen LogP contribution < -0.4 is 0 Å². The van der Waals surface area contributed by atoms with Crippen LogP contribution in [0.15, 0.2) is 45.6 Å². The Kier molecular flexibility index (Phi) is 7.26. The van der Waals surface area contributed by atoms with Gasteiger partial charge in [0, 0.05) is 18.8 Å². The number of aryl methyl sites for hydroxylation is 2. The molecular weight excluding hydrogens is 410 g/mol. The zero-order chi connectivity index (χ0) is 22.7. The van der Waals surface area contributed by atoms with Crippen LogP contribution in [-0.4, -0.2) is 46.5 Å². The van der Waals surface area contributed by atoms with E-state index >= 15 is 0 Å². The highest BCUT2D eigenvalue weighted by atomic mass is 32.2. The largest absolute Gasteiger partial charge is 0.463 e. The highest BCUT2D eigenvalue weighted by Gasteiger charge is 2.41. The van der Waals surface area contributed by atoms with E-state index in [1.54, 1.807) is 6.92 Å². The molecule has 0 radical (unpaired) electrons. The second kappa shape index (κ2) is 9.73. The van der Waals surface area contributed by atoms with Gasteiger partial charge in [0.25, 0.3) is 0 Å². The molecule has 3 rings (SSSR count). The molecule has 6 nitrogen and oxygen atoms in total. The topological polar surface area (TPSA) is 62.2 Å². The minimum Gasteiger partial charge on any atom is -0.463 e. The molecule has 1 unspecified atom stereocenters. The molecule has 1 atom stereocenters. The SMILES string of the molecule is CCOC(=O)C1=C(C)N=C2SC=C(CC(=O)N(CC)CC)N2C1c1cc(C)ccc1C. The Bertz CT molecular complexity index is 976. The summed E-state index contributed by atoms with van der Waals surface area (Å²) in [5.41, 5.74) is 5.27. The Morgan fingerprint density at radius 3 is 2.52 bits per heavy atom. The van der Waals surface area contributed by atoms with E-state index < -0.39 is 0 Å². The molecule has 1 amide bonds. The molecule has 31 heavy (non-hydrogen) atoms. The molecular formula is C24H31N3O3S. The van der Waals surface area contributed by atoms with E-state index in [1.165, 1.54) is 11.8 Å². The van der Waals surface area contributed by atoms with Gasteiger partial charge in [-0.2, -0.15) is 0 Å². The summed E-state index contributed by atoms with van der Waals surface area (Å²) in [4.78, 5) is 34.5. The summed E-state index contributed by atoms with van der Waals surface area (Å²) >= 11 is 1.50. The van der Waals surface area contributed by atoms with Crippen molar-refractivity contribution in [2.75, 3.05) is 19.7 Å². The van der Waals surface area contributed by atoms with E-state index in [-0.39, 0.29) is 24.3 Å². The lowest BCUT2D eigenvalue weighted by atomic mass is 9.90. The summed E-state index contributed by atoms with van der Waals surface area (Å²) in [5, 5.41) is 2.78. The highest BCUT2D eigenvalue weighted by molar-refractivity contribution is 8.16. The molecule has 7 heteroatoms. The second-order valence-corrected chi connectivity index (χ2v) is 8.55. The number of amides is 1. The summed E-state index contributed by atoms with van der Waals surface area (Å²) in [5.74, 6) is -0.290. The standard InChI is InChI=1S/C24H31N3O3S/c1-7-26(8-2)20(28)13-18-14-31-24-25-17(6)21(23(29)30-9-3)22(27(18)24)19-12-15(4)10-11-16(19)5/h10-12,14,22H,7-9,13H2,1-6H3. The number of hydrogen-bond acceptors (Lipinski definition) is 6. The summed E-state index contributed by atoms with van der Waals surface area (Å²) in [6.45, 7) is 13.4. The molecule has 0 aliphatic carbocycles. The van der Waals surface area contributed by atoms with E-state index in [2.05, 4.69) is 18.2 Å². The smallest absolute Gasteiger partial charge is 0.338 e. The first-order valence-corrected chi connectivity index (χ1v) is 11.7. The zero-order valence-corrected chi connectivity index (χ0v) is 20.0. The fourth-order valence-electron chi connectivity index (χ4n) is 4.03. The summed E-state index contributed by atoms with van der Waals surface area (Å²) in [6, 6.07) is 5.87. The van der Waals surface area contributed by atoms with Gasteiger partial charge < -0.3 is 14.5 Å². The van der Waals surface area contributed by atoms with Crippen molar-refractivity contribution in [1.82, 2.24) is 9.80 Å². The number of carbonyl (C=O) groups excluding carboxylic acids is 2. The maximum absolute atomic E-state index is 13.0. The molecule has 0 N–H and O–H groups in total. The third-order valence-corrected chi connectivity index (χ3v) is 6.56. The van der Waals surface area contributed by atoms with E-state index in [4.69, 9.17) is 9.73 Å². The van der Waals surface area contributed by atoms with E-state index in [1.807, 2.05) is 49.8 Å². The number of esters is 1. The number of nitrogens with zero attached hydrogens (tertiary/aromatic N) is 3. The molecule has 0 fully saturated rings. The van der Waals surface area contributed by atoms with Crippen LogP contribution in [0.25, 0.3) is 0 Å². The van der Waals surface area contributed by atoms with Crippen molar-refractivity contribution in [3.63, 3.8) is 0 Å². The normalized spacial score (nSPS) is 17.9. The van der Waals surface area contributed by atoms with Crippen molar-refractivity contribution in [3.8, 4) is 0 Å². The van der Waals surface area contributed by atoms with Gasteiger partial charge in [0.1, 0.15) is 0 Å². The molecule has 166 valence electrons. The predicted octanol–water partition coefficient (Wildman–Crippen LogP) is 4.70. The average Bonchev–Trinajstić information content (AvgIpc) is 3.12. The van der Waals surface area contributed by atoms with Crippen molar-refractivity contribution >= 4 is 28.8 Å². The first-order chi connectivity index (χ1) is 14.8. The van der Waals surface area contributed by atoms with Crippen molar-refractivity contribution in [1.29, 1.82) is 0 Å². The fourth-order valence-corrected chi connectivity index (χ4v) is 5.00. The summed E-state index contributed by atoms with van der Waals surface area (Å²) in [7, 11) is 0. The Hall–Kier alpha value is -2.54. The Labute approximate surface area is 189 Å². The van der Waals surface area contributed by atoms with Gasteiger partial charge in [-0.15, -0.1) is 0 Å². The van der Waals surface area contributed by atoms with Crippen LogP contribution in [0.1, 0.15) is 56.8 Å². The van der Waals surface area contributed by atoms with Crippen LogP contribution in [0, 0.1) is 13.8 Å². The molecule has 2 aliphatic heterocycles. The highest BCUT2D eigenvalue weighted by Crippen LogP contribution is 2.45. The second-order valence-electron chi connectivity index (χ2n) is 7.72. The number of fused-ring (bicyclic) bond motifs is 1. The number of thioether (sulfide) groups is 1. The van der Waals surface area contributed by atoms with Crippen molar-refractivity contribution < 1.29 is 14.3 Å².